The average Bonchev–Trinajstić information content (AvgIpc) is 2.72. The van der Waals surface area contributed by atoms with Crippen LogP contribution < -0.4 is 5.32 Å². The molecule has 0 saturated heterocycles. The van der Waals surface area contributed by atoms with Gasteiger partial charge in [-0.1, -0.05) is 74.9 Å². The molecule has 1 N–H and O–H groups in total. The summed E-state index contributed by atoms with van der Waals surface area (Å²) in [5.41, 5.74) is 4.44. The lowest BCUT2D eigenvalue weighted by atomic mass is 10.0. The Bertz CT molecular complexity index is 830. The summed E-state index contributed by atoms with van der Waals surface area (Å²) in [5, 5.41) is 3.02. The third kappa shape index (κ3) is 7.01. The number of nitrogens with one attached hydrogen (secondary N) is 1. The third-order valence-corrected chi connectivity index (χ3v) is 5.40. The smallest absolute Gasteiger partial charge is 0.242 e. The number of carbonyl (C=O) groups is 2. The Morgan fingerprint density at radius 1 is 1.03 bits per heavy atom. The van der Waals surface area contributed by atoms with Gasteiger partial charge in [-0.25, -0.2) is 0 Å². The highest BCUT2D eigenvalue weighted by Gasteiger charge is 2.28. The molecule has 0 fully saturated rings. The first-order chi connectivity index (χ1) is 14.3. The molecule has 2 aromatic rings. The van der Waals surface area contributed by atoms with E-state index in [9.17, 15) is 9.59 Å². The largest absolute Gasteiger partial charge is 0.354 e. The lowest BCUT2D eigenvalue weighted by molar-refractivity contribution is -0.140. The summed E-state index contributed by atoms with van der Waals surface area (Å²) >= 11 is 0. The maximum atomic E-state index is 13.4. The van der Waals surface area contributed by atoms with Crippen LogP contribution >= 0.6 is 0 Å². The molecule has 0 spiro atoms. The van der Waals surface area contributed by atoms with Crippen molar-refractivity contribution in [2.45, 2.75) is 59.9 Å². The molecule has 2 rings (SSSR count). The van der Waals surface area contributed by atoms with E-state index >= 15 is 0 Å². The molecule has 4 heteroatoms. The summed E-state index contributed by atoms with van der Waals surface area (Å²) in [4.78, 5) is 28.1. The van der Waals surface area contributed by atoms with Gasteiger partial charge in [0.15, 0.2) is 0 Å². The Labute approximate surface area is 181 Å². The van der Waals surface area contributed by atoms with Crippen molar-refractivity contribution in [2.24, 2.45) is 5.92 Å². The van der Waals surface area contributed by atoms with Gasteiger partial charge in [-0.05, 0) is 49.3 Å². The molecule has 0 aliphatic carbocycles. The highest BCUT2D eigenvalue weighted by atomic mass is 16.2. The van der Waals surface area contributed by atoms with Crippen LogP contribution in [0.25, 0.3) is 0 Å². The van der Waals surface area contributed by atoms with Gasteiger partial charge in [0.1, 0.15) is 6.04 Å². The van der Waals surface area contributed by atoms with Crippen LogP contribution in [-0.2, 0) is 22.4 Å². The zero-order valence-electron chi connectivity index (χ0n) is 19.1. The first kappa shape index (κ1) is 23.7. The first-order valence-corrected chi connectivity index (χ1v) is 11.0. The van der Waals surface area contributed by atoms with E-state index < -0.39 is 6.04 Å². The van der Waals surface area contributed by atoms with Crippen LogP contribution in [0.15, 0.2) is 48.5 Å². The van der Waals surface area contributed by atoms with Crippen molar-refractivity contribution in [3.8, 4) is 0 Å². The molecule has 0 radical (unpaired) electrons. The van der Waals surface area contributed by atoms with E-state index in [4.69, 9.17) is 0 Å². The second-order valence-corrected chi connectivity index (χ2v) is 8.49. The quantitative estimate of drug-likeness (QED) is 0.631. The van der Waals surface area contributed by atoms with E-state index in [-0.39, 0.29) is 11.8 Å². The number of aryl methyl sites for hydroxylation is 2. The Morgan fingerprint density at radius 3 is 2.37 bits per heavy atom. The lowest BCUT2D eigenvalue weighted by Gasteiger charge is -2.31. The van der Waals surface area contributed by atoms with Gasteiger partial charge in [0.25, 0.3) is 0 Å². The minimum absolute atomic E-state index is 0.00572. The summed E-state index contributed by atoms with van der Waals surface area (Å²) in [6.07, 6.45) is 1.64. The van der Waals surface area contributed by atoms with Gasteiger partial charge in [-0.2, -0.15) is 0 Å². The second kappa shape index (κ2) is 11.5. The van der Waals surface area contributed by atoms with Gasteiger partial charge in [-0.3, -0.25) is 9.59 Å². The molecule has 2 aromatic carbocycles. The highest BCUT2D eigenvalue weighted by molar-refractivity contribution is 5.88. The minimum Gasteiger partial charge on any atom is -0.354 e. The number of hydrogen-bond acceptors (Lipinski definition) is 2. The summed E-state index contributed by atoms with van der Waals surface area (Å²) in [5.74, 6) is 0.314. The van der Waals surface area contributed by atoms with Crippen molar-refractivity contribution in [1.29, 1.82) is 0 Å². The van der Waals surface area contributed by atoms with Gasteiger partial charge in [0.05, 0.1) is 6.42 Å². The van der Waals surface area contributed by atoms with Crippen molar-refractivity contribution < 1.29 is 9.59 Å². The fourth-order valence-corrected chi connectivity index (χ4v) is 3.57. The zero-order valence-corrected chi connectivity index (χ0v) is 19.1. The van der Waals surface area contributed by atoms with E-state index in [0.717, 1.165) is 23.1 Å². The predicted molar refractivity (Wildman–Crippen MR) is 123 cm³/mol. The van der Waals surface area contributed by atoms with E-state index in [1.54, 1.807) is 4.90 Å². The summed E-state index contributed by atoms with van der Waals surface area (Å²) in [7, 11) is 0. The maximum absolute atomic E-state index is 13.4. The molecule has 0 unspecified atom stereocenters. The molecule has 0 aliphatic heterocycles. The third-order valence-electron chi connectivity index (χ3n) is 5.40. The number of hydrogen-bond donors (Lipinski definition) is 1. The van der Waals surface area contributed by atoms with Crippen molar-refractivity contribution in [3.05, 3.63) is 70.8 Å². The molecule has 0 heterocycles. The SMILES string of the molecule is CC[C@H](C(=O)NCC(C)C)N(CCc1ccccc1)C(=O)Cc1cc(C)ccc1C. The van der Waals surface area contributed by atoms with Gasteiger partial charge in [0.2, 0.25) is 11.8 Å². The van der Waals surface area contributed by atoms with Crippen molar-refractivity contribution >= 4 is 11.8 Å². The first-order valence-electron chi connectivity index (χ1n) is 11.0. The van der Waals surface area contributed by atoms with Crippen LogP contribution in [0, 0.1) is 19.8 Å². The molecule has 0 bridgehead atoms. The van der Waals surface area contributed by atoms with Gasteiger partial charge >= 0.3 is 0 Å². The van der Waals surface area contributed by atoms with Gasteiger partial charge in [-0.15, -0.1) is 0 Å². The van der Waals surface area contributed by atoms with E-state index in [1.807, 2.05) is 39.0 Å². The number of rotatable bonds is 10. The van der Waals surface area contributed by atoms with Gasteiger partial charge < -0.3 is 10.2 Å². The molecule has 2 amide bonds. The number of amides is 2. The molecule has 4 nitrogen and oxygen atoms in total. The average molecular weight is 409 g/mol. The zero-order chi connectivity index (χ0) is 22.1. The molecule has 0 saturated carbocycles. The van der Waals surface area contributed by atoms with Crippen molar-refractivity contribution in [1.82, 2.24) is 10.2 Å². The van der Waals surface area contributed by atoms with Gasteiger partial charge in [0, 0.05) is 13.1 Å². The number of nitrogens with zero attached hydrogens (tertiary/aromatic N) is 1. The Morgan fingerprint density at radius 2 is 1.73 bits per heavy atom. The fraction of sp³-hybridized carbons (Fsp3) is 0.462. The summed E-state index contributed by atoms with van der Waals surface area (Å²) < 4.78 is 0. The molecule has 0 aromatic heterocycles. The van der Waals surface area contributed by atoms with Crippen LogP contribution in [0.1, 0.15) is 49.4 Å². The summed E-state index contributed by atoms with van der Waals surface area (Å²) in [6.45, 7) is 11.3. The molecule has 0 aliphatic rings. The molecule has 30 heavy (non-hydrogen) atoms. The van der Waals surface area contributed by atoms with Crippen LogP contribution in [0.2, 0.25) is 0 Å². The van der Waals surface area contributed by atoms with Crippen molar-refractivity contribution in [2.75, 3.05) is 13.1 Å². The Balaban J connectivity index is 2.22. The van der Waals surface area contributed by atoms with Crippen LogP contribution in [0.5, 0.6) is 0 Å². The maximum Gasteiger partial charge on any atom is 0.242 e. The second-order valence-electron chi connectivity index (χ2n) is 8.49. The minimum atomic E-state index is -0.454. The van der Waals surface area contributed by atoms with Crippen molar-refractivity contribution in [3.63, 3.8) is 0 Å². The van der Waals surface area contributed by atoms with E-state index in [1.165, 1.54) is 5.56 Å². The number of benzene rings is 2. The highest BCUT2D eigenvalue weighted by Crippen LogP contribution is 2.16. The van der Waals surface area contributed by atoms with E-state index in [0.29, 0.717) is 31.8 Å². The van der Waals surface area contributed by atoms with Crippen LogP contribution in [0.3, 0.4) is 0 Å². The van der Waals surface area contributed by atoms with Crippen LogP contribution in [-0.4, -0.2) is 35.8 Å². The lowest BCUT2D eigenvalue weighted by Crippen LogP contribution is -2.51. The standard InChI is InChI=1S/C26H36N2O2/c1-6-24(26(30)27-18-19(2)3)28(15-14-22-10-8-7-9-11-22)25(29)17-23-16-20(4)12-13-21(23)5/h7-13,16,19,24H,6,14-15,17-18H2,1-5H3,(H,27,30)/t24-/m1/s1. The molecule has 1 atom stereocenters. The molecular formula is C26H36N2O2. The molecule has 162 valence electrons. The fourth-order valence-electron chi connectivity index (χ4n) is 3.57. The van der Waals surface area contributed by atoms with Crippen LogP contribution in [0.4, 0.5) is 0 Å². The normalized spacial score (nSPS) is 11.9. The molecular weight excluding hydrogens is 372 g/mol. The monoisotopic (exact) mass is 408 g/mol. The summed E-state index contributed by atoms with van der Waals surface area (Å²) in [6, 6.07) is 15.9. The topological polar surface area (TPSA) is 49.4 Å². The Kier molecular flexibility index (Phi) is 9.10. The Hall–Kier alpha value is -2.62. The number of carbonyl (C=O) groups excluding carboxylic acids is 2. The predicted octanol–water partition coefficient (Wildman–Crippen LogP) is 4.47. The van der Waals surface area contributed by atoms with E-state index in [2.05, 4.69) is 49.5 Å².